The van der Waals surface area contributed by atoms with Gasteiger partial charge < -0.3 is 15.4 Å². The van der Waals surface area contributed by atoms with E-state index in [1.807, 2.05) is 30.3 Å². The summed E-state index contributed by atoms with van der Waals surface area (Å²) in [4.78, 5) is 7.18. The first-order chi connectivity index (χ1) is 13.0. The lowest BCUT2D eigenvalue weighted by molar-refractivity contribution is -0.00683. The van der Waals surface area contributed by atoms with Gasteiger partial charge in [-0.3, -0.25) is 14.1 Å². The molecule has 1 saturated heterocycles. The number of rotatable bonds is 9. The largest absolute Gasteiger partial charge is 0.379 e. The molecule has 0 aliphatic carbocycles. The maximum atomic E-state index is 12.3. The monoisotopic (exact) mass is 394 g/mol. The van der Waals surface area contributed by atoms with Crippen LogP contribution in [0.5, 0.6) is 0 Å². The van der Waals surface area contributed by atoms with Crippen LogP contribution in [0.2, 0.25) is 0 Å². The smallest absolute Gasteiger partial charge is 0.191 e. The fourth-order valence-corrected chi connectivity index (χ4v) is 4.04. The Balaban J connectivity index is 1.79. The third-order valence-electron chi connectivity index (χ3n) is 4.63. The number of guanidine groups is 1. The van der Waals surface area contributed by atoms with E-state index < -0.39 is 10.8 Å². The maximum Gasteiger partial charge on any atom is 0.191 e. The SMILES string of the molecule is CCNC(=NCC(C)(C)N1CCOCC1)NCCS(=O)Cc1ccccc1. The molecule has 0 amide bonds. The summed E-state index contributed by atoms with van der Waals surface area (Å²) in [7, 11) is -0.884. The van der Waals surface area contributed by atoms with Crippen molar-refractivity contribution in [1.82, 2.24) is 15.5 Å². The molecule has 0 spiro atoms. The van der Waals surface area contributed by atoms with Crippen molar-refractivity contribution in [3.05, 3.63) is 35.9 Å². The van der Waals surface area contributed by atoms with E-state index in [1.165, 1.54) is 0 Å². The molecule has 27 heavy (non-hydrogen) atoms. The van der Waals surface area contributed by atoms with E-state index in [-0.39, 0.29) is 5.54 Å². The van der Waals surface area contributed by atoms with E-state index in [0.29, 0.717) is 24.6 Å². The van der Waals surface area contributed by atoms with Crippen molar-refractivity contribution in [2.75, 3.05) is 51.7 Å². The Labute approximate surface area is 166 Å². The molecule has 1 aliphatic heterocycles. The van der Waals surface area contributed by atoms with Gasteiger partial charge in [0, 0.05) is 54.0 Å². The zero-order valence-electron chi connectivity index (χ0n) is 16.9. The summed E-state index contributed by atoms with van der Waals surface area (Å²) in [6.07, 6.45) is 0. The van der Waals surface area contributed by atoms with E-state index in [0.717, 1.165) is 44.4 Å². The van der Waals surface area contributed by atoms with Crippen LogP contribution >= 0.6 is 0 Å². The Morgan fingerprint density at radius 3 is 2.59 bits per heavy atom. The molecule has 2 rings (SSSR count). The minimum Gasteiger partial charge on any atom is -0.379 e. The quantitative estimate of drug-likeness (QED) is 0.492. The van der Waals surface area contributed by atoms with Gasteiger partial charge in [0.2, 0.25) is 0 Å². The second-order valence-electron chi connectivity index (χ2n) is 7.31. The van der Waals surface area contributed by atoms with Crippen LogP contribution in [0.15, 0.2) is 35.3 Å². The Bertz CT molecular complexity index is 601. The highest BCUT2D eigenvalue weighted by Crippen LogP contribution is 2.16. The minimum absolute atomic E-state index is 0.0116. The van der Waals surface area contributed by atoms with Gasteiger partial charge in [0.25, 0.3) is 0 Å². The van der Waals surface area contributed by atoms with E-state index in [1.54, 1.807) is 0 Å². The van der Waals surface area contributed by atoms with Gasteiger partial charge in [-0.1, -0.05) is 30.3 Å². The van der Waals surface area contributed by atoms with Gasteiger partial charge in [0.15, 0.2) is 5.96 Å². The van der Waals surface area contributed by atoms with Crippen molar-refractivity contribution in [2.24, 2.45) is 4.99 Å². The summed E-state index contributed by atoms with van der Waals surface area (Å²) in [5.74, 6) is 1.99. The van der Waals surface area contributed by atoms with Crippen LogP contribution in [0, 0.1) is 0 Å². The van der Waals surface area contributed by atoms with Gasteiger partial charge in [-0.25, -0.2) is 0 Å². The van der Waals surface area contributed by atoms with Gasteiger partial charge >= 0.3 is 0 Å². The number of nitrogens with zero attached hydrogens (tertiary/aromatic N) is 2. The molecule has 1 heterocycles. The van der Waals surface area contributed by atoms with Crippen LogP contribution in [0.4, 0.5) is 0 Å². The molecule has 0 saturated carbocycles. The molecule has 1 fully saturated rings. The topological polar surface area (TPSA) is 66.0 Å². The first-order valence-electron chi connectivity index (χ1n) is 9.75. The number of nitrogens with one attached hydrogen (secondary N) is 2. The van der Waals surface area contributed by atoms with Crippen molar-refractivity contribution in [3.63, 3.8) is 0 Å². The average molecular weight is 395 g/mol. The van der Waals surface area contributed by atoms with Crippen LogP contribution in [0.1, 0.15) is 26.3 Å². The molecule has 152 valence electrons. The summed E-state index contributed by atoms with van der Waals surface area (Å²) in [5, 5.41) is 6.59. The zero-order chi connectivity index (χ0) is 19.5. The second-order valence-corrected chi connectivity index (χ2v) is 8.88. The Morgan fingerprint density at radius 2 is 1.93 bits per heavy atom. The number of hydrogen-bond acceptors (Lipinski definition) is 4. The zero-order valence-corrected chi connectivity index (χ0v) is 17.7. The fourth-order valence-electron chi connectivity index (χ4n) is 3.00. The Kier molecular flexibility index (Phi) is 9.24. The van der Waals surface area contributed by atoms with E-state index in [2.05, 4.69) is 36.3 Å². The van der Waals surface area contributed by atoms with E-state index >= 15 is 0 Å². The molecular weight excluding hydrogens is 360 g/mol. The number of hydrogen-bond donors (Lipinski definition) is 2. The summed E-state index contributed by atoms with van der Waals surface area (Å²) < 4.78 is 17.7. The van der Waals surface area contributed by atoms with Crippen molar-refractivity contribution in [1.29, 1.82) is 0 Å². The van der Waals surface area contributed by atoms with Crippen LogP contribution in [0.3, 0.4) is 0 Å². The lowest BCUT2D eigenvalue weighted by Gasteiger charge is -2.39. The predicted molar refractivity (Wildman–Crippen MR) is 114 cm³/mol. The van der Waals surface area contributed by atoms with Crippen molar-refractivity contribution in [2.45, 2.75) is 32.1 Å². The van der Waals surface area contributed by atoms with Crippen molar-refractivity contribution in [3.8, 4) is 0 Å². The number of aliphatic imine (C=N–C) groups is 1. The normalized spacial score (nSPS) is 17.5. The third kappa shape index (κ3) is 7.99. The lowest BCUT2D eigenvalue weighted by Crippen LogP contribution is -2.52. The molecule has 6 nitrogen and oxygen atoms in total. The lowest BCUT2D eigenvalue weighted by atomic mass is 10.0. The molecule has 1 aliphatic rings. The minimum atomic E-state index is -0.884. The molecule has 1 aromatic carbocycles. The molecule has 0 bridgehead atoms. The van der Waals surface area contributed by atoms with Gasteiger partial charge in [0.1, 0.15) is 0 Å². The summed E-state index contributed by atoms with van der Waals surface area (Å²) in [6.45, 7) is 12.1. The first kappa shape index (κ1) is 21.9. The molecular formula is C20H34N4O2S. The Morgan fingerprint density at radius 1 is 1.22 bits per heavy atom. The number of ether oxygens (including phenoxy) is 1. The van der Waals surface area contributed by atoms with E-state index in [4.69, 9.17) is 9.73 Å². The maximum absolute atomic E-state index is 12.3. The summed E-state index contributed by atoms with van der Waals surface area (Å²) in [6, 6.07) is 9.98. The highest BCUT2D eigenvalue weighted by Gasteiger charge is 2.28. The van der Waals surface area contributed by atoms with Gasteiger partial charge in [-0.2, -0.15) is 0 Å². The first-order valence-corrected chi connectivity index (χ1v) is 11.2. The molecule has 1 atom stereocenters. The van der Waals surface area contributed by atoms with E-state index in [9.17, 15) is 4.21 Å². The van der Waals surface area contributed by atoms with Crippen LogP contribution < -0.4 is 10.6 Å². The summed E-state index contributed by atoms with van der Waals surface area (Å²) >= 11 is 0. The molecule has 7 heteroatoms. The second kappa shape index (κ2) is 11.4. The molecule has 0 aromatic heterocycles. The molecule has 1 aromatic rings. The molecule has 0 radical (unpaired) electrons. The average Bonchev–Trinajstić information content (AvgIpc) is 2.67. The van der Waals surface area contributed by atoms with Gasteiger partial charge in [-0.05, 0) is 26.3 Å². The highest BCUT2D eigenvalue weighted by atomic mass is 32.2. The Hall–Kier alpha value is -1.44. The third-order valence-corrected chi connectivity index (χ3v) is 5.94. The van der Waals surface area contributed by atoms with Gasteiger partial charge in [0.05, 0.1) is 19.8 Å². The van der Waals surface area contributed by atoms with Crippen molar-refractivity contribution < 1.29 is 8.95 Å². The summed E-state index contributed by atoms with van der Waals surface area (Å²) in [5.41, 5.74) is 1.10. The number of morpholine rings is 1. The van der Waals surface area contributed by atoms with Gasteiger partial charge in [-0.15, -0.1) is 0 Å². The standard InChI is InChI=1S/C20H34N4O2S/c1-4-21-19(23-17-20(2,3)24-11-13-26-14-12-24)22-10-15-27(25)16-18-8-6-5-7-9-18/h5-9H,4,10-17H2,1-3H3,(H2,21,22,23). The van der Waals surface area contributed by atoms with Crippen LogP contribution in [0.25, 0.3) is 0 Å². The molecule has 2 N–H and O–H groups in total. The van der Waals surface area contributed by atoms with Crippen LogP contribution in [-0.4, -0.2) is 72.3 Å². The fraction of sp³-hybridized carbons (Fsp3) is 0.650. The highest BCUT2D eigenvalue weighted by molar-refractivity contribution is 7.84. The predicted octanol–water partition coefficient (Wildman–Crippen LogP) is 1.60. The number of benzene rings is 1. The molecule has 1 unspecified atom stereocenters. The van der Waals surface area contributed by atoms with Crippen LogP contribution in [-0.2, 0) is 21.3 Å². The van der Waals surface area contributed by atoms with Crippen molar-refractivity contribution >= 4 is 16.8 Å².